The van der Waals surface area contributed by atoms with Crippen molar-refractivity contribution >= 4 is 5.97 Å². The van der Waals surface area contributed by atoms with E-state index in [1.807, 2.05) is 6.07 Å². The van der Waals surface area contributed by atoms with Gasteiger partial charge in [0.15, 0.2) is 0 Å². The molecule has 4 rings (SSSR count). The lowest BCUT2D eigenvalue weighted by atomic mass is 9.79. The van der Waals surface area contributed by atoms with E-state index >= 15 is 0 Å². The monoisotopic (exact) mass is 315 g/mol. The van der Waals surface area contributed by atoms with Crippen LogP contribution in [-0.4, -0.2) is 31.8 Å². The van der Waals surface area contributed by atoms with Gasteiger partial charge < -0.3 is 19.5 Å². The van der Waals surface area contributed by atoms with Crippen LogP contribution in [0.15, 0.2) is 30.5 Å². The van der Waals surface area contributed by atoms with E-state index in [4.69, 9.17) is 14.2 Å². The van der Waals surface area contributed by atoms with E-state index in [0.29, 0.717) is 17.4 Å². The topological polar surface area (TPSA) is 56.8 Å². The number of rotatable bonds is 3. The normalized spacial score (nSPS) is 29.0. The summed E-state index contributed by atoms with van der Waals surface area (Å²) >= 11 is 0. The summed E-state index contributed by atoms with van der Waals surface area (Å²) in [7, 11) is 1.38. The molecule has 23 heavy (non-hydrogen) atoms. The minimum atomic E-state index is -0.355. The van der Waals surface area contributed by atoms with Crippen molar-refractivity contribution in [2.45, 2.75) is 43.4 Å². The molecule has 5 nitrogen and oxygen atoms in total. The zero-order valence-electron chi connectivity index (χ0n) is 13.2. The molecule has 1 saturated carbocycles. The summed E-state index contributed by atoms with van der Waals surface area (Å²) in [6.07, 6.45) is 8.78. The summed E-state index contributed by atoms with van der Waals surface area (Å²) in [6, 6.07) is 5.50. The van der Waals surface area contributed by atoms with Crippen molar-refractivity contribution in [1.82, 2.24) is 5.32 Å². The number of benzene rings is 1. The number of esters is 1. The summed E-state index contributed by atoms with van der Waals surface area (Å²) in [5.74, 6) is 0.349. The molecule has 0 amide bonds. The van der Waals surface area contributed by atoms with Crippen LogP contribution in [0, 0.1) is 0 Å². The highest BCUT2D eigenvalue weighted by atomic mass is 16.5. The Balaban J connectivity index is 1.63. The number of fused-ring (bicyclic) bond motifs is 2. The van der Waals surface area contributed by atoms with Crippen LogP contribution >= 0.6 is 0 Å². The van der Waals surface area contributed by atoms with Gasteiger partial charge in [-0.3, -0.25) is 0 Å². The molecular formula is C18H21NO4. The van der Waals surface area contributed by atoms with Gasteiger partial charge in [-0.15, -0.1) is 0 Å². The number of methoxy groups -OCH3 is 1. The zero-order chi connectivity index (χ0) is 15.9. The Hall–Kier alpha value is -1.85. The van der Waals surface area contributed by atoms with E-state index in [9.17, 15) is 4.79 Å². The SMILES string of the molecule is COC(=O)c1ccc2c(c1)OC=C[C@@]21C[C@@H](OC2CC2)CCN1. The molecule has 5 heteroatoms. The summed E-state index contributed by atoms with van der Waals surface area (Å²) in [6.45, 7) is 0.903. The third-order valence-corrected chi connectivity index (χ3v) is 4.80. The summed E-state index contributed by atoms with van der Waals surface area (Å²) in [5, 5.41) is 3.61. The van der Waals surface area contributed by atoms with Gasteiger partial charge in [0.25, 0.3) is 0 Å². The van der Waals surface area contributed by atoms with Crippen LogP contribution in [0.1, 0.15) is 41.6 Å². The highest BCUT2D eigenvalue weighted by Gasteiger charge is 2.41. The first kappa shape index (κ1) is 14.7. The van der Waals surface area contributed by atoms with Gasteiger partial charge in [-0.05, 0) is 50.4 Å². The molecule has 0 unspecified atom stereocenters. The van der Waals surface area contributed by atoms with Crippen molar-refractivity contribution in [1.29, 1.82) is 0 Å². The fraction of sp³-hybridized carbons (Fsp3) is 0.500. The quantitative estimate of drug-likeness (QED) is 0.869. The molecule has 2 heterocycles. The van der Waals surface area contributed by atoms with Gasteiger partial charge in [-0.2, -0.15) is 0 Å². The standard InChI is InChI=1S/C18H21NO4/c1-21-17(20)12-2-5-15-16(10-12)22-9-7-18(15)11-14(6-8-19-18)23-13-3-4-13/h2,5,7,9-10,13-14,19H,3-4,6,8,11H2,1H3/t14-,18+/m0/s1. The fourth-order valence-corrected chi connectivity index (χ4v) is 3.46. The molecule has 1 aromatic rings. The smallest absolute Gasteiger partial charge is 0.337 e. The Bertz CT molecular complexity index is 652. The summed E-state index contributed by atoms with van der Waals surface area (Å²) in [4.78, 5) is 11.7. The van der Waals surface area contributed by atoms with Crippen molar-refractivity contribution in [3.05, 3.63) is 41.7 Å². The number of hydrogen-bond acceptors (Lipinski definition) is 5. The van der Waals surface area contributed by atoms with Crippen molar-refractivity contribution in [3.8, 4) is 5.75 Å². The van der Waals surface area contributed by atoms with Crippen LogP contribution in [-0.2, 0) is 15.0 Å². The van der Waals surface area contributed by atoms with Crippen LogP contribution in [0.25, 0.3) is 0 Å². The number of ether oxygens (including phenoxy) is 3. The highest BCUT2D eigenvalue weighted by Crippen LogP contribution is 2.42. The average molecular weight is 315 g/mol. The first-order valence-corrected chi connectivity index (χ1v) is 8.18. The van der Waals surface area contributed by atoms with Crippen molar-refractivity contribution in [2.75, 3.05) is 13.7 Å². The largest absolute Gasteiger partial charge is 0.465 e. The second kappa shape index (κ2) is 5.65. The van der Waals surface area contributed by atoms with Gasteiger partial charge in [0.1, 0.15) is 5.75 Å². The van der Waals surface area contributed by atoms with Crippen LogP contribution in [0.2, 0.25) is 0 Å². The molecule has 0 bridgehead atoms. The van der Waals surface area contributed by atoms with Gasteiger partial charge in [0, 0.05) is 5.56 Å². The maximum absolute atomic E-state index is 11.7. The predicted octanol–water partition coefficient (Wildman–Crippen LogP) is 2.51. The lowest BCUT2D eigenvalue weighted by molar-refractivity contribution is -0.00204. The molecule has 1 aliphatic carbocycles. The molecule has 122 valence electrons. The predicted molar refractivity (Wildman–Crippen MR) is 84.4 cm³/mol. The zero-order valence-corrected chi connectivity index (χ0v) is 13.2. The molecule has 0 aromatic heterocycles. The van der Waals surface area contributed by atoms with Crippen molar-refractivity contribution in [2.24, 2.45) is 0 Å². The molecule has 2 aliphatic heterocycles. The minimum absolute atomic E-state index is 0.264. The van der Waals surface area contributed by atoms with Gasteiger partial charge in [-0.25, -0.2) is 4.79 Å². The molecule has 2 fully saturated rings. The minimum Gasteiger partial charge on any atom is -0.465 e. The molecule has 2 atom stereocenters. The average Bonchev–Trinajstić information content (AvgIpc) is 3.38. The maximum Gasteiger partial charge on any atom is 0.337 e. The van der Waals surface area contributed by atoms with Crippen molar-refractivity contribution in [3.63, 3.8) is 0 Å². The van der Waals surface area contributed by atoms with E-state index in [1.165, 1.54) is 20.0 Å². The summed E-state index contributed by atoms with van der Waals surface area (Å²) < 4.78 is 16.6. The first-order valence-electron chi connectivity index (χ1n) is 8.18. The van der Waals surface area contributed by atoms with E-state index in [1.54, 1.807) is 18.4 Å². The van der Waals surface area contributed by atoms with E-state index in [-0.39, 0.29) is 17.6 Å². The second-order valence-electron chi connectivity index (χ2n) is 6.47. The number of carbonyl (C=O) groups excluding carboxylic acids is 1. The fourth-order valence-electron chi connectivity index (χ4n) is 3.46. The molecule has 1 N–H and O–H groups in total. The first-order chi connectivity index (χ1) is 11.2. The van der Waals surface area contributed by atoms with Gasteiger partial charge in [0.05, 0.1) is 36.7 Å². The molecular weight excluding hydrogens is 294 g/mol. The molecule has 0 radical (unpaired) electrons. The second-order valence-corrected chi connectivity index (χ2v) is 6.47. The summed E-state index contributed by atoms with van der Waals surface area (Å²) in [5.41, 5.74) is 1.27. The van der Waals surface area contributed by atoms with Gasteiger partial charge in [0.2, 0.25) is 0 Å². The maximum atomic E-state index is 11.7. The molecule has 1 aromatic carbocycles. The molecule has 3 aliphatic rings. The third kappa shape index (κ3) is 2.75. The van der Waals surface area contributed by atoms with Crippen LogP contribution in [0.4, 0.5) is 0 Å². The number of carbonyl (C=O) groups is 1. The number of hydrogen-bond donors (Lipinski definition) is 1. The molecule has 1 saturated heterocycles. The Morgan fingerprint density at radius 1 is 1.30 bits per heavy atom. The number of nitrogens with one attached hydrogen (secondary N) is 1. The molecule has 1 spiro atoms. The Kier molecular flexibility index (Phi) is 3.62. The Morgan fingerprint density at radius 2 is 2.17 bits per heavy atom. The Morgan fingerprint density at radius 3 is 2.96 bits per heavy atom. The van der Waals surface area contributed by atoms with Gasteiger partial charge in [-0.1, -0.05) is 6.07 Å². The highest BCUT2D eigenvalue weighted by molar-refractivity contribution is 5.90. The van der Waals surface area contributed by atoms with E-state index in [0.717, 1.165) is 24.9 Å². The van der Waals surface area contributed by atoms with Gasteiger partial charge >= 0.3 is 5.97 Å². The van der Waals surface area contributed by atoms with Crippen LogP contribution < -0.4 is 10.1 Å². The van der Waals surface area contributed by atoms with E-state index < -0.39 is 0 Å². The lowest BCUT2D eigenvalue weighted by Gasteiger charge is -2.42. The van der Waals surface area contributed by atoms with E-state index in [2.05, 4.69) is 11.4 Å². The lowest BCUT2D eigenvalue weighted by Crippen LogP contribution is -2.50. The Labute approximate surface area is 135 Å². The number of piperidine rings is 1. The van der Waals surface area contributed by atoms with Crippen LogP contribution in [0.5, 0.6) is 5.75 Å². The van der Waals surface area contributed by atoms with Crippen LogP contribution in [0.3, 0.4) is 0 Å². The third-order valence-electron chi connectivity index (χ3n) is 4.80. The van der Waals surface area contributed by atoms with Crippen molar-refractivity contribution < 1.29 is 19.0 Å².